The van der Waals surface area contributed by atoms with Crippen LogP contribution in [0, 0.1) is 5.82 Å². The maximum atomic E-state index is 13.8. The number of aromatic carboxylic acids is 1. The van der Waals surface area contributed by atoms with Gasteiger partial charge in [-0.05, 0) is 31.0 Å². The first-order valence-electron chi connectivity index (χ1n) is 6.09. The normalized spacial score (nSPS) is 19.6. The molecule has 0 bridgehead atoms. The Labute approximate surface area is 120 Å². The first kappa shape index (κ1) is 15.4. The Balaban J connectivity index is 2.51. The van der Waals surface area contributed by atoms with E-state index in [2.05, 4.69) is 0 Å². The van der Waals surface area contributed by atoms with Crippen molar-refractivity contribution >= 4 is 21.9 Å². The fourth-order valence-electron chi connectivity index (χ4n) is 2.27. The second-order valence-electron chi connectivity index (χ2n) is 4.63. The van der Waals surface area contributed by atoms with Crippen molar-refractivity contribution in [1.29, 1.82) is 0 Å². The van der Waals surface area contributed by atoms with E-state index in [0.29, 0.717) is 6.42 Å². The molecule has 0 spiro atoms. The lowest BCUT2D eigenvalue weighted by atomic mass is 10.2. The Morgan fingerprint density at radius 1 is 1.38 bits per heavy atom. The van der Waals surface area contributed by atoms with E-state index in [0.717, 1.165) is 22.5 Å². The third-order valence-corrected chi connectivity index (χ3v) is 5.22. The number of nitrogens with zero attached hydrogens (tertiary/aromatic N) is 1. The number of nitrogens with two attached hydrogens (primary N) is 1. The van der Waals surface area contributed by atoms with E-state index in [1.807, 2.05) is 0 Å². The number of benzene rings is 1. The van der Waals surface area contributed by atoms with Crippen LogP contribution < -0.4 is 5.73 Å². The van der Waals surface area contributed by atoms with E-state index in [9.17, 15) is 22.4 Å². The van der Waals surface area contributed by atoms with E-state index >= 15 is 0 Å². The van der Waals surface area contributed by atoms with Crippen molar-refractivity contribution in [3.05, 3.63) is 29.6 Å². The summed E-state index contributed by atoms with van der Waals surface area (Å²) in [4.78, 5) is 21.4. The fraction of sp³-hybridized carbons (Fsp3) is 0.333. The molecule has 1 aliphatic heterocycles. The number of carbonyl (C=O) groups is 2. The molecule has 1 unspecified atom stereocenters. The number of carbonyl (C=O) groups excluding carboxylic acids is 1. The van der Waals surface area contributed by atoms with Crippen molar-refractivity contribution in [2.24, 2.45) is 5.73 Å². The Hall–Kier alpha value is -2.00. The van der Waals surface area contributed by atoms with Crippen molar-refractivity contribution in [2.75, 3.05) is 6.54 Å². The van der Waals surface area contributed by atoms with Crippen LogP contribution in [0.25, 0.3) is 0 Å². The van der Waals surface area contributed by atoms with Crippen molar-refractivity contribution in [1.82, 2.24) is 4.31 Å². The number of hydrogen-bond donors (Lipinski definition) is 2. The largest absolute Gasteiger partial charge is 0.478 e. The molecule has 3 N–H and O–H groups in total. The molecule has 1 fully saturated rings. The molecule has 1 heterocycles. The third kappa shape index (κ3) is 2.74. The summed E-state index contributed by atoms with van der Waals surface area (Å²) in [7, 11) is -4.33. The van der Waals surface area contributed by atoms with Crippen LogP contribution in [0.4, 0.5) is 4.39 Å². The van der Waals surface area contributed by atoms with Gasteiger partial charge in [0.1, 0.15) is 16.8 Å². The van der Waals surface area contributed by atoms with Crippen molar-refractivity contribution in [2.45, 2.75) is 23.8 Å². The highest BCUT2D eigenvalue weighted by Crippen LogP contribution is 2.28. The van der Waals surface area contributed by atoms with E-state index in [-0.39, 0.29) is 18.5 Å². The Bertz CT molecular complexity index is 704. The van der Waals surface area contributed by atoms with E-state index in [4.69, 9.17) is 10.8 Å². The molecule has 1 aliphatic rings. The maximum Gasteiger partial charge on any atom is 0.335 e. The second kappa shape index (κ2) is 5.41. The number of sulfonamides is 1. The number of hydrogen-bond acceptors (Lipinski definition) is 4. The van der Waals surface area contributed by atoms with Crippen LogP contribution in [0.15, 0.2) is 23.1 Å². The van der Waals surface area contributed by atoms with Gasteiger partial charge in [-0.1, -0.05) is 0 Å². The summed E-state index contributed by atoms with van der Waals surface area (Å²) in [5.41, 5.74) is 4.79. The average Bonchev–Trinajstić information content (AvgIpc) is 2.88. The molecule has 1 aromatic rings. The van der Waals surface area contributed by atoms with Crippen LogP contribution in [0.2, 0.25) is 0 Å². The number of rotatable bonds is 4. The van der Waals surface area contributed by atoms with Gasteiger partial charge in [0.2, 0.25) is 15.9 Å². The number of carboxylic acid groups (broad SMARTS) is 1. The van der Waals surface area contributed by atoms with Crippen LogP contribution in [0.3, 0.4) is 0 Å². The summed E-state index contributed by atoms with van der Waals surface area (Å²) in [5, 5.41) is 8.87. The molecule has 0 aromatic heterocycles. The predicted octanol–water partition coefficient (Wildman–Crippen LogP) is 0.162. The quantitative estimate of drug-likeness (QED) is 0.820. The van der Waals surface area contributed by atoms with E-state index in [1.54, 1.807) is 0 Å². The minimum absolute atomic E-state index is 0.0344. The molecule has 0 radical (unpaired) electrons. The number of amides is 1. The maximum absolute atomic E-state index is 13.8. The van der Waals surface area contributed by atoms with Crippen LogP contribution >= 0.6 is 0 Å². The molecule has 1 atom stereocenters. The van der Waals surface area contributed by atoms with Gasteiger partial charge in [0, 0.05) is 6.54 Å². The average molecular weight is 316 g/mol. The first-order chi connectivity index (χ1) is 9.75. The smallest absolute Gasteiger partial charge is 0.335 e. The molecule has 1 saturated heterocycles. The van der Waals surface area contributed by atoms with Crippen LogP contribution in [0.1, 0.15) is 23.2 Å². The highest BCUT2D eigenvalue weighted by atomic mass is 32.2. The molecule has 1 aromatic carbocycles. The fourth-order valence-corrected chi connectivity index (χ4v) is 4.03. The Kier molecular flexibility index (Phi) is 3.97. The Morgan fingerprint density at radius 3 is 2.62 bits per heavy atom. The third-order valence-electron chi connectivity index (χ3n) is 3.30. The summed E-state index contributed by atoms with van der Waals surface area (Å²) < 4.78 is 39.5. The number of carboxylic acids is 1. The first-order valence-corrected chi connectivity index (χ1v) is 7.53. The zero-order valence-corrected chi connectivity index (χ0v) is 11.6. The zero-order valence-electron chi connectivity index (χ0n) is 10.8. The lowest BCUT2D eigenvalue weighted by Gasteiger charge is -2.22. The summed E-state index contributed by atoms with van der Waals surface area (Å²) in [5.74, 6) is -3.26. The second-order valence-corrected chi connectivity index (χ2v) is 6.49. The van der Waals surface area contributed by atoms with E-state index < -0.39 is 38.7 Å². The Morgan fingerprint density at radius 2 is 2.05 bits per heavy atom. The molecule has 21 heavy (non-hydrogen) atoms. The van der Waals surface area contributed by atoms with Gasteiger partial charge >= 0.3 is 5.97 Å². The van der Waals surface area contributed by atoms with Crippen LogP contribution in [-0.4, -0.2) is 42.3 Å². The molecule has 9 heteroatoms. The van der Waals surface area contributed by atoms with E-state index in [1.165, 1.54) is 0 Å². The summed E-state index contributed by atoms with van der Waals surface area (Å²) >= 11 is 0. The van der Waals surface area contributed by atoms with Gasteiger partial charge in [0.05, 0.1) is 5.56 Å². The van der Waals surface area contributed by atoms with Gasteiger partial charge < -0.3 is 10.8 Å². The SMILES string of the molecule is NC(=O)C1CCCN1S(=O)(=O)c1cc(C(=O)O)ccc1F. The highest BCUT2D eigenvalue weighted by Gasteiger charge is 2.39. The monoisotopic (exact) mass is 316 g/mol. The van der Waals surface area contributed by atoms with Crippen molar-refractivity contribution < 1.29 is 27.5 Å². The molecule has 114 valence electrons. The topological polar surface area (TPSA) is 118 Å². The highest BCUT2D eigenvalue weighted by molar-refractivity contribution is 7.89. The van der Waals surface area contributed by atoms with Crippen LogP contribution in [0.5, 0.6) is 0 Å². The summed E-state index contributed by atoms with van der Waals surface area (Å²) in [6.07, 6.45) is 0.682. The van der Waals surface area contributed by atoms with Crippen molar-refractivity contribution in [3.63, 3.8) is 0 Å². The molecule has 1 amide bonds. The molecule has 7 nitrogen and oxygen atoms in total. The molecule has 0 saturated carbocycles. The molecular weight excluding hydrogens is 303 g/mol. The minimum Gasteiger partial charge on any atom is -0.478 e. The van der Waals surface area contributed by atoms with Gasteiger partial charge in [0.15, 0.2) is 0 Å². The van der Waals surface area contributed by atoms with Crippen molar-refractivity contribution in [3.8, 4) is 0 Å². The van der Waals surface area contributed by atoms with Gasteiger partial charge in [-0.3, -0.25) is 4.79 Å². The number of halogens is 1. The van der Waals surface area contributed by atoms with Gasteiger partial charge in [-0.2, -0.15) is 4.31 Å². The number of primary amides is 1. The molecule has 2 rings (SSSR count). The van der Waals surface area contributed by atoms with Gasteiger partial charge in [0.25, 0.3) is 0 Å². The summed E-state index contributed by atoms with van der Waals surface area (Å²) in [6.45, 7) is 0.0344. The lowest BCUT2D eigenvalue weighted by Crippen LogP contribution is -2.43. The van der Waals surface area contributed by atoms with Crippen LogP contribution in [-0.2, 0) is 14.8 Å². The minimum atomic E-state index is -4.33. The standard InChI is InChI=1S/C12H13FN2O5S/c13-8-4-3-7(12(17)18)6-10(8)21(19,20)15-5-1-2-9(15)11(14)16/h3-4,6,9H,1-2,5H2,(H2,14,16)(H,17,18). The molecule has 0 aliphatic carbocycles. The lowest BCUT2D eigenvalue weighted by molar-refractivity contribution is -0.121. The summed E-state index contributed by atoms with van der Waals surface area (Å²) in [6, 6.07) is 1.43. The predicted molar refractivity (Wildman–Crippen MR) is 69.5 cm³/mol. The van der Waals surface area contributed by atoms with Gasteiger partial charge in [-0.15, -0.1) is 0 Å². The zero-order chi connectivity index (χ0) is 15.8. The van der Waals surface area contributed by atoms with Gasteiger partial charge in [-0.25, -0.2) is 17.6 Å². The molecular formula is C12H13FN2O5S.